The van der Waals surface area contributed by atoms with E-state index >= 15 is 0 Å². The third kappa shape index (κ3) is 4.58. The Labute approximate surface area is 88.9 Å². The second-order valence-corrected chi connectivity index (χ2v) is 4.35. The van der Waals surface area contributed by atoms with Gasteiger partial charge in [-0.3, -0.25) is 4.79 Å². The van der Waals surface area contributed by atoms with Crippen LogP contribution in [0.3, 0.4) is 0 Å². The molecule has 0 aromatic heterocycles. The van der Waals surface area contributed by atoms with Gasteiger partial charge in [-0.05, 0) is 5.92 Å². The van der Waals surface area contributed by atoms with Crippen molar-refractivity contribution >= 4 is 11.8 Å². The van der Waals surface area contributed by atoms with Gasteiger partial charge >= 0.3 is 0 Å². The molecule has 84 valence electrons. The Balaban J connectivity index is 4.74. The highest BCUT2D eigenvalue weighted by Crippen LogP contribution is 2.08. The Kier molecular flexibility index (Phi) is 4.46. The molecule has 0 aliphatic heterocycles. The number of carboxylic acid groups (broad SMARTS) is 1. The number of likely N-dealkylation sites (N-methyl/N-ethyl adjacent to an activating group) is 1. The van der Waals surface area contributed by atoms with Gasteiger partial charge in [0, 0.05) is 0 Å². The fourth-order valence-corrected chi connectivity index (χ4v) is 1.20. The second-order valence-electron chi connectivity index (χ2n) is 4.35. The highest BCUT2D eigenvalue weighted by Gasteiger charge is 2.30. The van der Waals surface area contributed by atoms with Gasteiger partial charge in [-0.1, -0.05) is 0 Å². The molecule has 0 fully saturated rings. The molecule has 0 rings (SSSR count). The number of aliphatic carboxylic acids is 1. The molecule has 1 N–H and O–H groups in total. The van der Waals surface area contributed by atoms with E-state index < -0.39 is 23.8 Å². The third-order valence-electron chi connectivity index (χ3n) is 1.80. The van der Waals surface area contributed by atoms with Crippen molar-refractivity contribution in [1.82, 2.24) is 0 Å². The fourth-order valence-electron chi connectivity index (χ4n) is 1.20. The predicted molar refractivity (Wildman–Crippen MR) is 51.2 cm³/mol. The van der Waals surface area contributed by atoms with Crippen LogP contribution >= 0.6 is 0 Å². The van der Waals surface area contributed by atoms with Gasteiger partial charge < -0.3 is 19.5 Å². The van der Waals surface area contributed by atoms with Gasteiger partial charge in [0.25, 0.3) is 0 Å². The highest BCUT2D eigenvalue weighted by molar-refractivity contribution is 6.07. The predicted octanol–water partition coefficient (Wildman–Crippen LogP) is -2.38. The van der Waals surface area contributed by atoms with Crippen molar-refractivity contribution in [2.75, 3.05) is 27.7 Å². The monoisotopic (exact) mass is 213 g/mol. The number of quaternary nitrogens is 1. The maximum atomic E-state index is 11.1. The summed E-state index contributed by atoms with van der Waals surface area (Å²) in [5, 5.41) is 20.2. The minimum atomic E-state index is -1.65. The molecule has 0 aliphatic carbocycles. The van der Waals surface area contributed by atoms with Crippen molar-refractivity contribution in [2.45, 2.75) is 6.10 Å². The number of aliphatic hydroxyl groups excluding tert-OH is 1. The Morgan fingerprint density at radius 1 is 1.47 bits per heavy atom. The van der Waals surface area contributed by atoms with Crippen molar-refractivity contribution in [3.63, 3.8) is 0 Å². The molecule has 2 unspecified atom stereocenters. The Morgan fingerprint density at radius 3 is 2.20 bits per heavy atom. The Bertz CT molecular complexity index is 298. The number of carboxylic acids is 1. The van der Waals surface area contributed by atoms with Crippen LogP contribution in [0.2, 0.25) is 0 Å². The van der Waals surface area contributed by atoms with Gasteiger partial charge in [-0.2, -0.15) is 0 Å². The molecule has 0 amide bonds. The molecule has 5 heteroatoms. The number of rotatable bonds is 5. The van der Waals surface area contributed by atoms with Crippen LogP contribution < -0.4 is 5.11 Å². The molecule has 0 aromatic carbocycles. The SMILES string of the molecule is C#CC(=O)C(C(=O)[O-])C(O)C[N+](C)(C)C. The van der Waals surface area contributed by atoms with Crippen molar-refractivity contribution in [3.05, 3.63) is 0 Å². The lowest BCUT2D eigenvalue weighted by molar-refractivity contribution is -0.873. The average molecular weight is 213 g/mol. The van der Waals surface area contributed by atoms with Crippen molar-refractivity contribution < 1.29 is 24.3 Å². The molecular weight excluding hydrogens is 198 g/mol. The molecule has 0 saturated carbocycles. The molecule has 5 nitrogen and oxygen atoms in total. The maximum Gasteiger partial charge on any atom is 0.216 e. The van der Waals surface area contributed by atoms with Gasteiger partial charge in [-0.15, -0.1) is 6.42 Å². The molecule has 15 heavy (non-hydrogen) atoms. The lowest BCUT2D eigenvalue weighted by Crippen LogP contribution is -2.50. The quantitative estimate of drug-likeness (QED) is 0.239. The molecule has 0 aromatic rings. The number of terminal acetylenes is 1. The van der Waals surface area contributed by atoms with Gasteiger partial charge in [0.1, 0.15) is 18.6 Å². The van der Waals surface area contributed by atoms with Gasteiger partial charge in [0.05, 0.1) is 27.1 Å². The first-order chi connectivity index (χ1) is 6.69. The largest absolute Gasteiger partial charge is 0.549 e. The minimum Gasteiger partial charge on any atom is -0.549 e. The first-order valence-electron chi connectivity index (χ1n) is 4.39. The number of Topliss-reactive ketones (excluding diaryl/α,β-unsaturated/α-hetero) is 1. The van der Waals surface area contributed by atoms with Crippen LogP contribution in [0.1, 0.15) is 0 Å². The topological polar surface area (TPSA) is 77.4 Å². The standard InChI is InChI=1S/C10H15NO4/c1-5-7(12)9(10(14)15)8(13)6-11(2,3)4/h1,8-9,13H,6H2,2-4H3. The first-order valence-corrected chi connectivity index (χ1v) is 4.39. The number of aliphatic hydroxyl groups is 1. The van der Waals surface area contributed by atoms with E-state index in [-0.39, 0.29) is 6.54 Å². The van der Waals surface area contributed by atoms with Crippen molar-refractivity contribution in [2.24, 2.45) is 5.92 Å². The van der Waals surface area contributed by atoms with Crippen LogP contribution in [-0.2, 0) is 9.59 Å². The summed E-state index contributed by atoms with van der Waals surface area (Å²) in [6.45, 7) is 0.103. The van der Waals surface area contributed by atoms with E-state index in [2.05, 4.69) is 0 Å². The summed E-state index contributed by atoms with van der Waals surface area (Å²) >= 11 is 0. The smallest absolute Gasteiger partial charge is 0.216 e. The molecule has 0 radical (unpaired) electrons. The summed E-state index contributed by atoms with van der Waals surface area (Å²) < 4.78 is 0.322. The number of nitrogens with zero attached hydrogens (tertiary/aromatic N) is 1. The van der Waals surface area contributed by atoms with Crippen LogP contribution in [0.15, 0.2) is 0 Å². The van der Waals surface area contributed by atoms with Crippen molar-refractivity contribution in [3.8, 4) is 12.3 Å². The van der Waals surface area contributed by atoms with Crippen LogP contribution in [0, 0.1) is 18.3 Å². The van der Waals surface area contributed by atoms with Crippen molar-refractivity contribution in [1.29, 1.82) is 0 Å². The average Bonchev–Trinajstić information content (AvgIpc) is 1.99. The van der Waals surface area contributed by atoms with Gasteiger partial charge in [0.15, 0.2) is 0 Å². The van der Waals surface area contributed by atoms with Crippen LogP contribution in [0.5, 0.6) is 0 Å². The summed E-state index contributed by atoms with van der Waals surface area (Å²) in [5.41, 5.74) is 0. The van der Waals surface area contributed by atoms with E-state index in [0.717, 1.165) is 0 Å². The lowest BCUT2D eigenvalue weighted by atomic mass is 9.97. The lowest BCUT2D eigenvalue weighted by Gasteiger charge is -2.29. The number of ketones is 1. The summed E-state index contributed by atoms with van der Waals surface area (Å²) in [6.07, 6.45) is 3.47. The summed E-state index contributed by atoms with van der Waals surface area (Å²) in [4.78, 5) is 21.7. The van der Waals surface area contributed by atoms with E-state index in [1.54, 1.807) is 27.1 Å². The van der Waals surface area contributed by atoms with E-state index in [1.807, 2.05) is 0 Å². The molecular formula is C10H15NO4. The fraction of sp³-hybridized carbons (Fsp3) is 0.600. The van der Waals surface area contributed by atoms with Crippen LogP contribution in [-0.4, -0.2) is 55.1 Å². The zero-order chi connectivity index (χ0) is 12.2. The number of carbonyl (C=O) groups excluding carboxylic acids is 2. The van der Waals surface area contributed by atoms with E-state index in [0.29, 0.717) is 4.48 Å². The van der Waals surface area contributed by atoms with E-state index in [1.165, 1.54) is 0 Å². The number of carbonyl (C=O) groups is 2. The highest BCUT2D eigenvalue weighted by atomic mass is 16.4. The van der Waals surface area contributed by atoms with Gasteiger partial charge in [-0.25, -0.2) is 0 Å². The third-order valence-corrected chi connectivity index (χ3v) is 1.80. The number of hydrogen-bond acceptors (Lipinski definition) is 4. The summed E-state index contributed by atoms with van der Waals surface area (Å²) in [6, 6.07) is 0. The maximum absolute atomic E-state index is 11.1. The zero-order valence-electron chi connectivity index (χ0n) is 9.06. The molecule has 0 spiro atoms. The van der Waals surface area contributed by atoms with E-state index in [4.69, 9.17) is 6.42 Å². The van der Waals surface area contributed by atoms with Crippen LogP contribution in [0.4, 0.5) is 0 Å². The minimum absolute atomic E-state index is 0.103. The molecule has 0 aliphatic rings. The Hall–Kier alpha value is -1.38. The molecule has 0 heterocycles. The second kappa shape index (κ2) is 4.91. The summed E-state index contributed by atoms with van der Waals surface area (Å²) in [5.74, 6) is -2.56. The summed E-state index contributed by atoms with van der Waals surface area (Å²) in [7, 11) is 5.28. The number of hydrogen-bond donors (Lipinski definition) is 1. The molecule has 2 atom stereocenters. The van der Waals surface area contributed by atoms with E-state index in [9.17, 15) is 19.8 Å². The normalized spacial score (nSPS) is 15.1. The molecule has 0 saturated heterocycles. The van der Waals surface area contributed by atoms with Gasteiger partial charge in [0.2, 0.25) is 5.78 Å². The molecule has 0 bridgehead atoms. The first kappa shape index (κ1) is 13.6. The Morgan fingerprint density at radius 2 is 1.93 bits per heavy atom. The zero-order valence-corrected chi connectivity index (χ0v) is 9.06. The van der Waals surface area contributed by atoms with Crippen LogP contribution in [0.25, 0.3) is 0 Å².